The quantitative estimate of drug-likeness (QED) is 0.892. The van der Waals surface area contributed by atoms with Crippen molar-refractivity contribution >= 4 is 11.7 Å². The Morgan fingerprint density at radius 1 is 1.36 bits per heavy atom. The first kappa shape index (κ1) is 16.2. The van der Waals surface area contributed by atoms with Crippen molar-refractivity contribution in [2.45, 2.75) is 33.3 Å². The minimum Gasteiger partial charge on any atom is -0.392 e. The molecule has 2 aromatic rings. The number of anilines is 1. The summed E-state index contributed by atoms with van der Waals surface area (Å²) in [5.74, 6) is -0.179. The summed E-state index contributed by atoms with van der Waals surface area (Å²) < 4.78 is 14.6. The fraction of sp³-hybridized carbons (Fsp3) is 0.375. The number of aromatic nitrogens is 2. The van der Waals surface area contributed by atoms with Crippen LogP contribution in [0.3, 0.4) is 0 Å². The van der Waals surface area contributed by atoms with Gasteiger partial charge in [-0.05, 0) is 37.1 Å². The molecule has 2 rings (SSSR count). The lowest BCUT2D eigenvalue weighted by Crippen LogP contribution is -2.23. The number of aliphatic hydroxyl groups is 1. The van der Waals surface area contributed by atoms with Gasteiger partial charge in [-0.2, -0.15) is 0 Å². The molecule has 1 amide bonds. The Morgan fingerprint density at radius 3 is 2.59 bits per heavy atom. The fourth-order valence-electron chi connectivity index (χ4n) is 2.00. The van der Waals surface area contributed by atoms with Crippen LogP contribution < -0.4 is 5.32 Å². The summed E-state index contributed by atoms with van der Waals surface area (Å²) in [6.45, 7) is 5.55. The third-order valence-corrected chi connectivity index (χ3v) is 3.39. The first-order valence-electron chi connectivity index (χ1n) is 7.17. The Kier molecular flexibility index (Phi) is 4.92. The average Bonchev–Trinajstić information content (AvgIpc) is 2.80. The van der Waals surface area contributed by atoms with Gasteiger partial charge in [0, 0.05) is 11.8 Å². The van der Waals surface area contributed by atoms with Crippen molar-refractivity contribution < 1.29 is 14.3 Å². The average molecular weight is 305 g/mol. The number of carbonyl (C=O) groups excluding carboxylic acids is 1. The second-order valence-electron chi connectivity index (χ2n) is 5.62. The molecule has 1 unspecified atom stereocenters. The molecule has 0 radical (unpaired) electrons. The van der Waals surface area contributed by atoms with E-state index in [1.54, 1.807) is 22.9 Å². The number of nitrogens with zero attached hydrogens (tertiary/aromatic N) is 2. The van der Waals surface area contributed by atoms with E-state index in [2.05, 4.69) is 10.4 Å². The number of carbonyl (C=O) groups is 1. The zero-order chi connectivity index (χ0) is 16.3. The molecule has 5 nitrogen and oxygen atoms in total. The van der Waals surface area contributed by atoms with Crippen LogP contribution in [-0.4, -0.2) is 26.9 Å². The van der Waals surface area contributed by atoms with Crippen molar-refractivity contribution in [3.8, 4) is 5.69 Å². The van der Waals surface area contributed by atoms with E-state index < -0.39 is 6.10 Å². The van der Waals surface area contributed by atoms with Crippen LogP contribution in [0.2, 0.25) is 0 Å². The summed E-state index contributed by atoms with van der Waals surface area (Å²) in [7, 11) is 0. The van der Waals surface area contributed by atoms with Crippen molar-refractivity contribution in [1.29, 1.82) is 0 Å². The van der Waals surface area contributed by atoms with Crippen molar-refractivity contribution in [2.75, 3.05) is 5.32 Å². The number of nitrogens with one attached hydrogen (secondary N) is 1. The smallest absolute Gasteiger partial charge is 0.228 e. The Balaban J connectivity index is 2.10. The molecule has 0 saturated heterocycles. The van der Waals surface area contributed by atoms with E-state index in [-0.39, 0.29) is 24.1 Å². The van der Waals surface area contributed by atoms with Crippen LogP contribution >= 0.6 is 0 Å². The predicted molar refractivity (Wildman–Crippen MR) is 82.4 cm³/mol. The molecular formula is C16H20FN3O2. The van der Waals surface area contributed by atoms with Crippen molar-refractivity contribution in [1.82, 2.24) is 9.78 Å². The molecule has 1 aromatic carbocycles. The topological polar surface area (TPSA) is 67.2 Å². The highest BCUT2D eigenvalue weighted by Gasteiger charge is 2.16. The molecule has 1 heterocycles. The summed E-state index contributed by atoms with van der Waals surface area (Å²) in [6.07, 6.45) is -0.652. The van der Waals surface area contributed by atoms with Crippen LogP contribution in [0.15, 0.2) is 30.3 Å². The summed E-state index contributed by atoms with van der Waals surface area (Å²) in [6, 6.07) is 7.66. The molecule has 0 spiro atoms. The van der Waals surface area contributed by atoms with E-state index in [1.165, 1.54) is 12.1 Å². The molecular weight excluding hydrogens is 285 g/mol. The number of halogens is 1. The third kappa shape index (κ3) is 3.92. The van der Waals surface area contributed by atoms with Gasteiger partial charge in [0.15, 0.2) is 5.82 Å². The maximum Gasteiger partial charge on any atom is 0.228 e. The molecule has 0 aliphatic heterocycles. The second kappa shape index (κ2) is 6.70. The van der Waals surface area contributed by atoms with Crippen LogP contribution in [0, 0.1) is 18.7 Å². The lowest BCUT2D eigenvalue weighted by molar-refractivity contribution is -0.118. The van der Waals surface area contributed by atoms with Crippen LogP contribution in [-0.2, 0) is 4.79 Å². The number of hydrogen-bond donors (Lipinski definition) is 2. The summed E-state index contributed by atoms with van der Waals surface area (Å²) in [4.78, 5) is 11.9. The number of hydrogen-bond acceptors (Lipinski definition) is 3. The van der Waals surface area contributed by atoms with Crippen molar-refractivity contribution in [2.24, 2.45) is 5.92 Å². The summed E-state index contributed by atoms with van der Waals surface area (Å²) in [5, 5.41) is 16.7. The highest BCUT2D eigenvalue weighted by Crippen LogP contribution is 2.16. The maximum atomic E-state index is 13.0. The number of rotatable bonds is 5. The van der Waals surface area contributed by atoms with Gasteiger partial charge in [-0.15, -0.1) is 5.10 Å². The second-order valence-corrected chi connectivity index (χ2v) is 5.62. The van der Waals surface area contributed by atoms with Gasteiger partial charge in [0.2, 0.25) is 5.91 Å². The molecule has 6 heteroatoms. The minimum absolute atomic E-state index is 0.0178. The van der Waals surface area contributed by atoms with Gasteiger partial charge in [-0.25, -0.2) is 9.07 Å². The standard InChI is InChI=1S/C16H20FN3O2/c1-10(2)14(21)9-16(22)18-15-8-11(3)20(19-15)13-6-4-12(17)5-7-13/h4-8,10,14,21H,9H2,1-3H3,(H,18,19,22). The van der Waals surface area contributed by atoms with Gasteiger partial charge in [-0.1, -0.05) is 13.8 Å². The van der Waals surface area contributed by atoms with Crippen LogP contribution in [0.5, 0.6) is 0 Å². The van der Waals surface area contributed by atoms with Gasteiger partial charge in [0.05, 0.1) is 18.2 Å². The van der Waals surface area contributed by atoms with Crippen LogP contribution in [0.4, 0.5) is 10.2 Å². The Morgan fingerprint density at radius 2 is 2.00 bits per heavy atom. The van der Waals surface area contributed by atoms with Crippen LogP contribution in [0.25, 0.3) is 5.69 Å². The first-order chi connectivity index (χ1) is 10.4. The fourth-order valence-corrected chi connectivity index (χ4v) is 2.00. The first-order valence-corrected chi connectivity index (χ1v) is 7.17. The number of aryl methyl sites for hydroxylation is 1. The van der Waals surface area contributed by atoms with E-state index in [1.807, 2.05) is 20.8 Å². The number of benzene rings is 1. The largest absolute Gasteiger partial charge is 0.392 e. The lowest BCUT2D eigenvalue weighted by Gasteiger charge is -2.13. The van der Waals surface area contributed by atoms with Gasteiger partial charge < -0.3 is 10.4 Å². The predicted octanol–water partition coefficient (Wildman–Crippen LogP) is 2.67. The molecule has 0 aliphatic carbocycles. The minimum atomic E-state index is -0.680. The summed E-state index contributed by atoms with van der Waals surface area (Å²) >= 11 is 0. The number of amides is 1. The molecule has 118 valence electrons. The number of aliphatic hydroxyl groups excluding tert-OH is 1. The molecule has 22 heavy (non-hydrogen) atoms. The third-order valence-electron chi connectivity index (χ3n) is 3.39. The zero-order valence-corrected chi connectivity index (χ0v) is 12.9. The molecule has 0 fully saturated rings. The molecule has 0 saturated carbocycles. The van der Waals surface area contributed by atoms with Crippen LogP contribution in [0.1, 0.15) is 26.0 Å². The summed E-state index contributed by atoms with van der Waals surface area (Å²) in [5.41, 5.74) is 1.52. The van der Waals surface area contributed by atoms with Crippen molar-refractivity contribution in [3.05, 3.63) is 41.8 Å². The Bertz CT molecular complexity index is 650. The van der Waals surface area contributed by atoms with E-state index in [0.717, 1.165) is 5.69 Å². The zero-order valence-electron chi connectivity index (χ0n) is 12.9. The normalized spacial score (nSPS) is 12.5. The molecule has 1 atom stereocenters. The van der Waals surface area contributed by atoms with E-state index >= 15 is 0 Å². The van der Waals surface area contributed by atoms with Crippen molar-refractivity contribution in [3.63, 3.8) is 0 Å². The Hall–Kier alpha value is -2.21. The molecule has 2 N–H and O–H groups in total. The van der Waals surface area contributed by atoms with Gasteiger partial charge in [0.25, 0.3) is 0 Å². The lowest BCUT2D eigenvalue weighted by atomic mass is 10.0. The van der Waals surface area contributed by atoms with E-state index in [9.17, 15) is 14.3 Å². The Labute approximate surface area is 128 Å². The highest BCUT2D eigenvalue weighted by molar-refractivity contribution is 5.90. The molecule has 1 aromatic heterocycles. The van der Waals surface area contributed by atoms with E-state index in [4.69, 9.17) is 0 Å². The molecule has 0 bridgehead atoms. The van der Waals surface area contributed by atoms with E-state index in [0.29, 0.717) is 11.5 Å². The monoisotopic (exact) mass is 305 g/mol. The van der Waals surface area contributed by atoms with Gasteiger partial charge in [0.1, 0.15) is 5.82 Å². The molecule has 0 aliphatic rings. The van der Waals surface area contributed by atoms with Gasteiger partial charge >= 0.3 is 0 Å². The SMILES string of the molecule is Cc1cc(NC(=O)CC(O)C(C)C)nn1-c1ccc(F)cc1. The maximum absolute atomic E-state index is 13.0. The highest BCUT2D eigenvalue weighted by atomic mass is 19.1. The van der Waals surface area contributed by atoms with Gasteiger partial charge in [-0.3, -0.25) is 4.79 Å².